The molecule has 1 saturated heterocycles. The average molecular weight is 391 g/mol. The summed E-state index contributed by atoms with van der Waals surface area (Å²) in [5.41, 5.74) is 0.727. The van der Waals surface area contributed by atoms with E-state index in [0.717, 1.165) is 11.3 Å². The molecule has 128 valence electrons. The van der Waals surface area contributed by atoms with Crippen molar-refractivity contribution in [2.75, 3.05) is 11.4 Å². The first-order valence-corrected chi connectivity index (χ1v) is 9.35. The van der Waals surface area contributed by atoms with E-state index >= 15 is 0 Å². The van der Waals surface area contributed by atoms with E-state index in [1.54, 1.807) is 30.3 Å². The van der Waals surface area contributed by atoms with Crippen molar-refractivity contribution in [3.8, 4) is 0 Å². The van der Waals surface area contributed by atoms with Gasteiger partial charge in [0.25, 0.3) is 11.8 Å². The lowest BCUT2D eigenvalue weighted by Gasteiger charge is -2.36. The van der Waals surface area contributed by atoms with Gasteiger partial charge in [-0.3, -0.25) is 19.4 Å². The molecule has 1 aliphatic heterocycles. The molecule has 1 aliphatic rings. The van der Waals surface area contributed by atoms with E-state index in [0.29, 0.717) is 16.6 Å². The first-order valence-electron chi connectivity index (χ1n) is 7.75. The number of halogens is 1. The maximum absolute atomic E-state index is 13.0. The van der Waals surface area contributed by atoms with Crippen molar-refractivity contribution >= 4 is 63.8 Å². The third-order valence-electron chi connectivity index (χ3n) is 3.67. The standard InChI is InChI=1S/C18H15ClN2O2S2/c1-2-10-20-16(22)14(11-13-8-9-15(19)25-13)17(23)21(18(20)24)12-6-4-3-5-7-12/h3-9,11H,2,10H2,1H3/b14-11+. The number of carbonyl (C=O) groups excluding carboxylic acids is 2. The average Bonchev–Trinajstić information content (AvgIpc) is 3.02. The molecule has 25 heavy (non-hydrogen) atoms. The van der Waals surface area contributed by atoms with Gasteiger partial charge in [0, 0.05) is 11.4 Å². The van der Waals surface area contributed by atoms with Crippen molar-refractivity contribution < 1.29 is 9.59 Å². The fourth-order valence-corrected chi connectivity index (χ4v) is 3.92. The second kappa shape index (κ2) is 7.47. The Bertz CT molecular complexity index is 861. The molecule has 0 spiro atoms. The Morgan fingerprint density at radius 3 is 2.44 bits per heavy atom. The Balaban J connectivity index is 2.08. The summed E-state index contributed by atoms with van der Waals surface area (Å²) >= 11 is 12.7. The Morgan fingerprint density at radius 1 is 1.12 bits per heavy atom. The zero-order valence-electron chi connectivity index (χ0n) is 13.4. The van der Waals surface area contributed by atoms with Crippen LogP contribution in [0.2, 0.25) is 4.34 Å². The van der Waals surface area contributed by atoms with Gasteiger partial charge >= 0.3 is 0 Å². The van der Waals surface area contributed by atoms with E-state index in [9.17, 15) is 9.59 Å². The highest BCUT2D eigenvalue weighted by Gasteiger charge is 2.39. The number of amides is 2. The molecule has 3 rings (SSSR count). The molecular formula is C18H15ClN2O2S2. The highest BCUT2D eigenvalue weighted by atomic mass is 35.5. The van der Waals surface area contributed by atoms with Crippen LogP contribution in [-0.2, 0) is 9.59 Å². The van der Waals surface area contributed by atoms with Crippen molar-refractivity contribution in [1.82, 2.24) is 4.90 Å². The second-order valence-electron chi connectivity index (χ2n) is 5.42. The summed E-state index contributed by atoms with van der Waals surface area (Å²) in [6, 6.07) is 12.6. The minimum atomic E-state index is -0.418. The molecule has 0 unspecified atom stereocenters. The maximum Gasteiger partial charge on any atom is 0.270 e. The van der Waals surface area contributed by atoms with Crippen LogP contribution in [0.1, 0.15) is 18.2 Å². The quantitative estimate of drug-likeness (QED) is 0.442. The number of hydrogen-bond donors (Lipinski definition) is 0. The molecule has 0 aliphatic carbocycles. The number of nitrogens with zero attached hydrogens (tertiary/aromatic N) is 2. The summed E-state index contributed by atoms with van der Waals surface area (Å²) < 4.78 is 0.600. The molecule has 0 saturated carbocycles. The van der Waals surface area contributed by atoms with Crippen molar-refractivity contribution in [3.05, 3.63) is 57.3 Å². The summed E-state index contributed by atoms with van der Waals surface area (Å²) in [7, 11) is 0. The van der Waals surface area contributed by atoms with Crippen LogP contribution in [0.15, 0.2) is 48.0 Å². The number of hydrogen-bond acceptors (Lipinski definition) is 4. The van der Waals surface area contributed by atoms with Crippen LogP contribution in [0.25, 0.3) is 6.08 Å². The molecule has 4 nitrogen and oxygen atoms in total. The summed E-state index contributed by atoms with van der Waals surface area (Å²) in [6.07, 6.45) is 2.32. The number of carbonyl (C=O) groups is 2. The van der Waals surface area contributed by atoms with Crippen molar-refractivity contribution in [3.63, 3.8) is 0 Å². The Morgan fingerprint density at radius 2 is 1.84 bits per heavy atom. The lowest BCUT2D eigenvalue weighted by atomic mass is 10.1. The zero-order chi connectivity index (χ0) is 18.0. The fraction of sp³-hybridized carbons (Fsp3) is 0.167. The Kier molecular flexibility index (Phi) is 5.32. The van der Waals surface area contributed by atoms with E-state index in [4.69, 9.17) is 23.8 Å². The lowest BCUT2D eigenvalue weighted by molar-refractivity contribution is -0.127. The summed E-state index contributed by atoms with van der Waals surface area (Å²) in [5.74, 6) is -0.786. The SMILES string of the molecule is CCCN1C(=O)/C(=C\c2ccc(Cl)s2)C(=O)N(c2ccccc2)C1=S. The molecule has 0 atom stereocenters. The molecule has 0 bridgehead atoms. The Labute approximate surface area is 160 Å². The topological polar surface area (TPSA) is 40.6 Å². The molecular weight excluding hydrogens is 376 g/mol. The van der Waals surface area contributed by atoms with Crippen LogP contribution in [0.5, 0.6) is 0 Å². The minimum Gasteiger partial charge on any atom is -0.284 e. The molecule has 1 fully saturated rings. The van der Waals surface area contributed by atoms with Crippen LogP contribution >= 0.6 is 35.2 Å². The number of thiophene rings is 1. The smallest absolute Gasteiger partial charge is 0.270 e. The highest BCUT2D eigenvalue weighted by Crippen LogP contribution is 2.29. The molecule has 1 aromatic heterocycles. The van der Waals surface area contributed by atoms with Crippen molar-refractivity contribution in [1.29, 1.82) is 0 Å². The van der Waals surface area contributed by atoms with Gasteiger partial charge in [0.05, 0.1) is 10.0 Å². The third-order valence-corrected chi connectivity index (χ3v) is 5.25. The first-order chi connectivity index (χ1) is 12.0. The van der Waals surface area contributed by atoms with Gasteiger partial charge in [-0.1, -0.05) is 36.7 Å². The van der Waals surface area contributed by atoms with Crippen molar-refractivity contribution in [2.45, 2.75) is 13.3 Å². The fourth-order valence-electron chi connectivity index (χ4n) is 2.55. The highest BCUT2D eigenvalue weighted by molar-refractivity contribution is 7.80. The third kappa shape index (κ3) is 3.51. The predicted octanol–water partition coefficient (Wildman–Crippen LogP) is 4.36. The van der Waals surface area contributed by atoms with Gasteiger partial charge in [-0.25, -0.2) is 0 Å². The van der Waals surface area contributed by atoms with Gasteiger partial charge in [0.1, 0.15) is 5.57 Å². The van der Waals surface area contributed by atoms with Crippen molar-refractivity contribution in [2.24, 2.45) is 0 Å². The number of para-hydroxylation sites is 1. The number of rotatable bonds is 4. The van der Waals surface area contributed by atoms with Gasteiger partial charge in [0.2, 0.25) is 0 Å². The predicted molar refractivity (Wildman–Crippen MR) is 106 cm³/mol. The molecule has 7 heteroatoms. The van der Waals surface area contributed by atoms with Gasteiger partial charge in [-0.2, -0.15) is 0 Å². The Hall–Kier alpha value is -2.02. The van der Waals surface area contributed by atoms with Gasteiger partial charge in [-0.15, -0.1) is 11.3 Å². The second-order valence-corrected chi connectivity index (χ2v) is 7.53. The summed E-state index contributed by atoms with van der Waals surface area (Å²) in [4.78, 5) is 29.5. The van der Waals surface area contributed by atoms with Crippen LogP contribution in [0.4, 0.5) is 5.69 Å². The van der Waals surface area contributed by atoms with Crippen LogP contribution < -0.4 is 4.90 Å². The molecule has 2 aromatic rings. The summed E-state index contributed by atoms with van der Waals surface area (Å²) in [5, 5.41) is 0.212. The van der Waals surface area contributed by atoms with Crippen LogP contribution in [0.3, 0.4) is 0 Å². The monoisotopic (exact) mass is 390 g/mol. The van der Waals surface area contributed by atoms with Crippen LogP contribution in [-0.4, -0.2) is 28.4 Å². The van der Waals surface area contributed by atoms with Gasteiger partial charge in [0.15, 0.2) is 5.11 Å². The van der Waals surface area contributed by atoms with Gasteiger partial charge < -0.3 is 0 Å². The lowest BCUT2D eigenvalue weighted by Crippen LogP contribution is -2.56. The largest absolute Gasteiger partial charge is 0.284 e. The number of thiocarbonyl (C=S) groups is 1. The molecule has 1 aromatic carbocycles. The zero-order valence-corrected chi connectivity index (χ0v) is 15.8. The number of anilines is 1. The molecule has 0 radical (unpaired) electrons. The molecule has 2 heterocycles. The molecule has 0 N–H and O–H groups in total. The summed E-state index contributed by atoms with van der Waals surface area (Å²) in [6.45, 7) is 2.42. The normalized spacial score (nSPS) is 16.9. The first kappa shape index (κ1) is 17.8. The van der Waals surface area contributed by atoms with Crippen LogP contribution in [0, 0.1) is 0 Å². The maximum atomic E-state index is 13.0. The van der Waals surface area contributed by atoms with E-state index in [-0.39, 0.29) is 16.6 Å². The minimum absolute atomic E-state index is 0.0874. The van der Waals surface area contributed by atoms with E-state index in [1.165, 1.54) is 21.1 Å². The van der Waals surface area contributed by atoms with E-state index in [2.05, 4.69) is 0 Å². The van der Waals surface area contributed by atoms with Gasteiger partial charge in [-0.05, 0) is 49.0 Å². The number of benzene rings is 1. The molecule has 2 amide bonds. The van der Waals surface area contributed by atoms with E-state index in [1.807, 2.05) is 25.1 Å². The van der Waals surface area contributed by atoms with E-state index < -0.39 is 5.91 Å².